The van der Waals surface area contributed by atoms with Crippen molar-refractivity contribution in [3.63, 3.8) is 0 Å². The molecule has 0 unspecified atom stereocenters. The zero-order valence-electron chi connectivity index (χ0n) is 16.9. The molecule has 144 valence electrons. The third-order valence-corrected chi connectivity index (χ3v) is 5.79. The first-order valence-corrected chi connectivity index (χ1v) is 9.66. The molecular formula is C23H26BNO3. The largest absolute Gasteiger partial charge is 0.459 e. The van der Waals surface area contributed by atoms with Crippen LogP contribution in [-0.2, 0) is 11.2 Å². The first kappa shape index (κ1) is 18.8. The van der Waals surface area contributed by atoms with E-state index in [9.17, 15) is 5.11 Å². The number of furan rings is 1. The topological polar surface area (TPSA) is 54.6 Å². The minimum absolute atomic E-state index is 0.390. The van der Waals surface area contributed by atoms with Gasteiger partial charge >= 0.3 is 7.48 Å². The maximum Gasteiger partial charge on any atom is 0.311 e. The highest BCUT2D eigenvalue weighted by atomic mass is 16.5. The second kappa shape index (κ2) is 6.84. The SMILES string of the molecule is CC(C)(O)C(C)(C)OBC1=CNCc2oc3ccc(-c4ccccc4)cc3c21. The van der Waals surface area contributed by atoms with Gasteiger partial charge in [-0.3, -0.25) is 0 Å². The molecule has 2 heterocycles. The number of hydrogen-bond donors (Lipinski definition) is 2. The molecular weight excluding hydrogens is 349 g/mol. The van der Waals surface area contributed by atoms with E-state index in [1.54, 1.807) is 13.8 Å². The Balaban J connectivity index is 1.71. The summed E-state index contributed by atoms with van der Waals surface area (Å²) in [6.45, 7) is 8.01. The summed E-state index contributed by atoms with van der Waals surface area (Å²) in [6, 6.07) is 16.7. The van der Waals surface area contributed by atoms with Crippen LogP contribution in [0.3, 0.4) is 0 Å². The molecule has 3 aromatic rings. The monoisotopic (exact) mass is 375 g/mol. The standard InChI is InChI=1S/C23H26BNO3/c1-22(2,26)23(3,4)28-24-18-13-25-14-20-21(18)17-12-16(10-11-19(17)27-20)15-8-6-5-7-9-15/h5-13,24-26H,14H2,1-4H3. The molecule has 1 aliphatic rings. The van der Waals surface area contributed by atoms with Crippen LogP contribution in [0.25, 0.3) is 27.6 Å². The Morgan fingerprint density at radius 1 is 1.04 bits per heavy atom. The van der Waals surface area contributed by atoms with Crippen LogP contribution in [0.4, 0.5) is 0 Å². The number of nitrogens with one attached hydrogen (secondary N) is 1. The Hall–Kier alpha value is -2.50. The van der Waals surface area contributed by atoms with E-state index >= 15 is 0 Å². The van der Waals surface area contributed by atoms with Crippen LogP contribution in [0.2, 0.25) is 0 Å². The molecule has 0 fully saturated rings. The van der Waals surface area contributed by atoms with Crippen molar-refractivity contribution in [2.45, 2.75) is 45.4 Å². The van der Waals surface area contributed by atoms with E-state index in [2.05, 4.69) is 29.6 Å². The van der Waals surface area contributed by atoms with Crippen molar-refractivity contribution in [1.82, 2.24) is 5.32 Å². The van der Waals surface area contributed by atoms with E-state index in [1.807, 2.05) is 44.3 Å². The van der Waals surface area contributed by atoms with E-state index < -0.39 is 11.2 Å². The Labute approximate surface area is 166 Å². The molecule has 2 N–H and O–H groups in total. The third kappa shape index (κ3) is 3.36. The van der Waals surface area contributed by atoms with Gasteiger partial charge in [-0.05, 0) is 62.6 Å². The molecule has 0 atom stereocenters. The highest BCUT2D eigenvalue weighted by Crippen LogP contribution is 2.36. The summed E-state index contributed by atoms with van der Waals surface area (Å²) in [6.07, 6.45) is 1.99. The molecule has 5 heteroatoms. The number of rotatable bonds is 5. The molecule has 28 heavy (non-hydrogen) atoms. The molecule has 0 saturated carbocycles. The van der Waals surface area contributed by atoms with Gasteiger partial charge in [0.2, 0.25) is 0 Å². The lowest BCUT2D eigenvalue weighted by Gasteiger charge is -2.38. The predicted molar refractivity (Wildman–Crippen MR) is 115 cm³/mol. The van der Waals surface area contributed by atoms with Crippen LogP contribution >= 0.6 is 0 Å². The van der Waals surface area contributed by atoms with E-state index in [4.69, 9.17) is 9.07 Å². The fraction of sp³-hybridized carbons (Fsp3) is 0.304. The van der Waals surface area contributed by atoms with Gasteiger partial charge in [0.05, 0.1) is 17.7 Å². The molecule has 0 amide bonds. The van der Waals surface area contributed by atoms with Crippen LogP contribution < -0.4 is 5.32 Å². The summed E-state index contributed by atoms with van der Waals surface area (Å²) in [5, 5.41) is 14.8. The Morgan fingerprint density at radius 2 is 1.79 bits per heavy atom. The van der Waals surface area contributed by atoms with E-state index in [1.165, 1.54) is 5.56 Å². The molecule has 0 saturated heterocycles. The molecule has 0 bridgehead atoms. The van der Waals surface area contributed by atoms with Crippen LogP contribution in [0.5, 0.6) is 0 Å². The molecule has 0 spiro atoms. The van der Waals surface area contributed by atoms with Gasteiger partial charge in [0.1, 0.15) is 11.3 Å². The maximum atomic E-state index is 10.4. The molecule has 2 aromatic carbocycles. The van der Waals surface area contributed by atoms with Gasteiger partial charge in [0, 0.05) is 10.9 Å². The highest BCUT2D eigenvalue weighted by molar-refractivity contribution is 6.56. The van der Waals surface area contributed by atoms with Gasteiger partial charge < -0.3 is 19.5 Å². The predicted octanol–water partition coefficient (Wildman–Crippen LogP) is 4.42. The number of fused-ring (bicyclic) bond motifs is 3. The third-order valence-electron chi connectivity index (χ3n) is 5.79. The maximum absolute atomic E-state index is 10.4. The van der Waals surface area contributed by atoms with E-state index in [0.29, 0.717) is 14.0 Å². The Kier molecular flexibility index (Phi) is 4.60. The van der Waals surface area contributed by atoms with Gasteiger partial charge in [0.25, 0.3) is 0 Å². The molecule has 4 rings (SSSR count). The Morgan fingerprint density at radius 3 is 2.50 bits per heavy atom. The zero-order valence-corrected chi connectivity index (χ0v) is 16.9. The van der Waals surface area contributed by atoms with Crippen molar-refractivity contribution in [2.24, 2.45) is 0 Å². The van der Waals surface area contributed by atoms with Crippen LogP contribution in [-0.4, -0.2) is 23.8 Å². The van der Waals surface area contributed by atoms with Gasteiger partial charge in [-0.15, -0.1) is 0 Å². The zero-order chi connectivity index (χ0) is 19.9. The summed E-state index contributed by atoms with van der Waals surface area (Å²) in [5.74, 6) is 0.919. The quantitative estimate of drug-likeness (QED) is 0.649. The van der Waals surface area contributed by atoms with Crippen LogP contribution in [0, 0.1) is 0 Å². The summed E-state index contributed by atoms with van der Waals surface area (Å²) in [7, 11) is 0.390. The lowest BCUT2D eigenvalue weighted by molar-refractivity contribution is -0.0892. The molecule has 1 aliphatic heterocycles. The summed E-state index contributed by atoms with van der Waals surface area (Å²) in [5.41, 5.74) is 3.71. The van der Waals surface area contributed by atoms with E-state index in [0.717, 1.165) is 33.3 Å². The minimum Gasteiger partial charge on any atom is -0.459 e. The fourth-order valence-electron chi connectivity index (χ4n) is 3.32. The second-order valence-electron chi connectivity index (χ2n) is 8.39. The summed E-state index contributed by atoms with van der Waals surface area (Å²) >= 11 is 0. The van der Waals surface area contributed by atoms with Gasteiger partial charge in [0.15, 0.2) is 0 Å². The molecule has 1 aromatic heterocycles. The average Bonchev–Trinajstić information content (AvgIpc) is 3.04. The average molecular weight is 375 g/mol. The van der Waals surface area contributed by atoms with Crippen molar-refractivity contribution in [2.75, 3.05) is 0 Å². The number of hydrogen-bond acceptors (Lipinski definition) is 4. The van der Waals surface area contributed by atoms with Crippen molar-refractivity contribution < 1.29 is 14.2 Å². The van der Waals surface area contributed by atoms with Crippen molar-refractivity contribution in [1.29, 1.82) is 0 Å². The number of aliphatic hydroxyl groups is 1. The smallest absolute Gasteiger partial charge is 0.311 e. The molecule has 0 radical (unpaired) electrons. The lowest BCUT2D eigenvalue weighted by Crippen LogP contribution is -2.48. The van der Waals surface area contributed by atoms with Gasteiger partial charge in [-0.2, -0.15) is 0 Å². The highest BCUT2D eigenvalue weighted by Gasteiger charge is 2.36. The van der Waals surface area contributed by atoms with Crippen molar-refractivity contribution in [3.8, 4) is 11.1 Å². The number of benzene rings is 2. The fourth-order valence-corrected chi connectivity index (χ4v) is 3.32. The first-order chi connectivity index (χ1) is 13.3. The normalized spacial score (nSPS) is 14.4. The molecule has 0 aliphatic carbocycles. The van der Waals surface area contributed by atoms with Gasteiger partial charge in [-0.25, -0.2) is 0 Å². The Bertz CT molecular complexity index is 1030. The summed E-state index contributed by atoms with van der Waals surface area (Å²) in [4.78, 5) is 0. The minimum atomic E-state index is -0.947. The van der Waals surface area contributed by atoms with E-state index in [-0.39, 0.29) is 0 Å². The van der Waals surface area contributed by atoms with Crippen LogP contribution in [0.1, 0.15) is 39.0 Å². The van der Waals surface area contributed by atoms with Crippen molar-refractivity contribution >= 4 is 23.9 Å². The first-order valence-electron chi connectivity index (χ1n) is 9.66. The lowest BCUT2D eigenvalue weighted by atomic mass is 9.77. The molecule has 4 nitrogen and oxygen atoms in total. The van der Waals surface area contributed by atoms with Gasteiger partial charge in [-0.1, -0.05) is 36.4 Å². The second-order valence-corrected chi connectivity index (χ2v) is 8.39. The van der Waals surface area contributed by atoms with Crippen molar-refractivity contribution in [3.05, 3.63) is 66.1 Å². The van der Waals surface area contributed by atoms with Crippen LogP contribution in [0.15, 0.2) is 59.1 Å². The summed E-state index contributed by atoms with van der Waals surface area (Å²) < 4.78 is 12.2.